The van der Waals surface area contributed by atoms with Gasteiger partial charge in [0.15, 0.2) is 0 Å². The zero-order valence-electron chi connectivity index (χ0n) is 12.4. The fraction of sp³-hybridized carbons (Fsp3) is 0.533. The van der Waals surface area contributed by atoms with Crippen molar-refractivity contribution in [1.29, 1.82) is 0 Å². The highest BCUT2D eigenvalue weighted by atomic mass is 35.5. The van der Waals surface area contributed by atoms with Crippen molar-refractivity contribution in [2.45, 2.75) is 12.8 Å². The molecule has 0 atom stereocenters. The second-order valence-electron chi connectivity index (χ2n) is 4.93. The van der Waals surface area contributed by atoms with Crippen LogP contribution in [0.5, 0.6) is 11.5 Å². The Morgan fingerprint density at radius 3 is 2.52 bits per heavy atom. The Morgan fingerprint density at radius 2 is 1.90 bits per heavy atom. The summed E-state index contributed by atoms with van der Waals surface area (Å²) in [5, 5.41) is 3.77. The molecule has 1 aliphatic heterocycles. The molecule has 0 aliphatic carbocycles. The maximum absolute atomic E-state index is 12.2. The van der Waals surface area contributed by atoms with Crippen molar-refractivity contribution in [2.75, 3.05) is 40.4 Å². The third-order valence-corrected chi connectivity index (χ3v) is 3.93. The molecule has 21 heavy (non-hydrogen) atoms. The van der Waals surface area contributed by atoms with Gasteiger partial charge in [0, 0.05) is 38.7 Å². The summed E-state index contributed by atoms with van der Waals surface area (Å²) in [4.78, 5) is 14.1. The largest absolute Gasteiger partial charge is 0.496 e. The van der Waals surface area contributed by atoms with Gasteiger partial charge in [-0.2, -0.15) is 0 Å². The van der Waals surface area contributed by atoms with E-state index in [1.54, 1.807) is 20.3 Å². The molecule has 116 valence electrons. The summed E-state index contributed by atoms with van der Waals surface area (Å²) >= 11 is 6.14. The molecule has 0 aromatic heterocycles. The third kappa shape index (κ3) is 4.02. The van der Waals surface area contributed by atoms with Crippen LogP contribution in [0.15, 0.2) is 12.1 Å². The van der Waals surface area contributed by atoms with E-state index in [9.17, 15) is 4.79 Å². The molecule has 6 heteroatoms. The molecule has 1 aliphatic rings. The Bertz CT molecular complexity index is 502. The van der Waals surface area contributed by atoms with E-state index < -0.39 is 0 Å². The molecule has 0 unspecified atom stereocenters. The van der Waals surface area contributed by atoms with Crippen LogP contribution in [-0.4, -0.2) is 51.2 Å². The molecule has 1 heterocycles. The van der Waals surface area contributed by atoms with Gasteiger partial charge in [-0.3, -0.25) is 4.79 Å². The number of halogens is 1. The van der Waals surface area contributed by atoms with E-state index in [0.29, 0.717) is 29.4 Å². The summed E-state index contributed by atoms with van der Waals surface area (Å²) < 4.78 is 10.5. The molecule has 1 aromatic carbocycles. The van der Waals surface area contributed by atoms with Gasteiger partial charge in [-0.25, -0.2) is 0 Å². The summed E-state index contributed by atoms with van der Waals surface area (Å²) in [7, 11) is 3.17. The van der Waals surface area contributed by atoms with Gasteiger partial charge < -0.3 is 19.7 Å². The highest BCUT2D eigenvalue weighted by Gasteiger charge is 2.17. The molecule has 1 amide bonds. The predicted octanol–water partition coefficient (Wildman–Crippen LogP) is 1.72. The first-order chi connectivity index (χ1) is 10.2. The Kier molecular flexibility index (Phi) is 5.70. The lowest BCUT2D eigenvalue weighted by Gasteiger charge is -2.27. The van der Waals surface area contributed by atoms with Crippen LogP contribution < -0.4 is 14.8 Å². The van der Waals surface area contributed by atoms with Crippen molar-refractivity contribution in [3.63, 3.8) is 0 Å². The van der Waals surface area contributed by atoms with Crippen LogP contribution in [0.4, 0.5) is 0 Å². The van der Waals surface area contributed by atoms with Crippen LogP contribution in [0.3, 0.4) is 0 Å². The Hall–Kier alpha value is -1.46. The molecule has 0 bridgehead atoms. The van der Waals surface area contributed by atoms with Crippen molar-refractivity contribution in [1.82, 2.24) is 10.2 Å². The predicted molar refractivity (Wildman–Crippen MR) is 82.3 cm³/mol. The molecular formula is C15H21ClN2O3. The topological polar surface area (TPSA) is 50.8 Å². The summed E-state index contributed by atoms with van der Waals surface area (Å²) in [6, 6.07) is 3.57. The standard InChI is InChI=1S/C15H21ClN2O3/c1-20-13-10-14(21-2)12(16)9-11(13)3-4-15(19)18-7-5-17-6-8-18/h9-10,17H,3-8H2,1-2H3. The summed E-state index contributed by atoms with van der Waals surface area (Å²) in [6.45, 7) is 3.28. The number of nitrogens with zero attached hydrogens (tertiary/aromatic N) is 1. The van der Waals surface area contributed by atoms with E-state index in [-0.39, 0.29) is 5.91 Å². The third-order valence-electron chi connectivity index (χ3n) is 3.63. The van der Waals surface area contributed by atoms with Crippen LogP contribution in [0.25, 0.3) is 0 Å². The zero-order valence-corrected chi connectivity index (χ0v) is 13.2. The van der Waals surface area contributed by atoms with E-state index in [1.165, 1.54) is 0 Å². The van der Waals surface area contributed by atoms with Gasteiger partial charge in [0.25, 0.3) is 0 Å². The molecule has 1 saturated heterocycles. The number of aryl methyl sites for hydroxylation is 1. The van der Waals surface area contributed by atoms with E-state index >= 15 is 0 Å². The first-order valence-corrected chi connectivity index (χ1v) is 7.42. The lowest BCUT2D eigenvalue weighted by molar-refractivity contribution is -0.131. The number of hydrogen-bond donors (Lipinski definition) is 1. The number of piperazine rings is 1. The van der Waals surface area contributed by atoms with Gasteiger partial charge >= 0.3 is 0 Å². The smallest absolute Gasteiger partial charge is 0.222 e. The SMILES string of the molecule is COc1cc(OC)c(CCC(=O)N2CCNCC2)cc1Cl. The highest BCUT2D eigenvalue weighted by Crippen LogP contribution is 2.33. The fourth-order valence-corrected chi connectivity index (χ4v) is 2.70. The monoisotopic (exact) mass is 312 g/mol. The van der Waals surface area contributed by atoms with E-state index in [4.69, 9.17) is 21.1 Å². The second-order valence-corrected chi connectivity index (χ2v) is 5.34. The highest BCUT2D eigenvalue weighted by molar-refractivity contribution is 6.32. The zero-order chi connectivity index (χ0) is 15.2. The summed E-state index contributed by atoms with van der Waals surface area (Å²) in [5.41, 5.74) is 0.923. The number of carbonyl (C=O) groups excluding carboxylic acids is 1. The number of ether oxygens (including phenoxy) is 2. The molecule has 0 saturated carbocycles. The average molecular weight is 313 g/mol. The number of carbonyl (C=O) groups is 1. The average Bonchev–Trinajstić information content (AvgIpc) is 2.53. The lowest BCUT2D eigenvalue weighted by Crippen LogP contribution is -2.46. The Labute approximate surface area is 130 Å². The van der Waals surface area contributed by atoms with Crippen LogP contribution >= 0.6 is 11.6 Å². The van der Waals surface area contributed by atoms with Crippen molar-refractivity contribution >= 4 is 17.5 Å². The quantitative estimate of drug-likeness (QED) is 0.899. The molecule has 5 nitrogen and oxygen atoms in total. The molecule has 0 spiro atoms. The normalized spacial score (nSPS) is 14.9. The van der Waals surface area contributed by atoms with Crippen LogP contribution in [0.1, 0.15) is 12.0 Å². The number of hydrogen-bond acceptors (Lipinski definition) is 4. The molecule has 1 aromatic rings. The van der Waals surface area contributed by atoms with Crippen molar-refractivity contribution in [3.05, 3.63) is 22.7 Å². The van der Waals surface area contributed by atoms with E-state index in [0.717, 1.165) is 31.7 Å². The van der Waals surface area contributed by atoms with Gasteiger partial charge in [-0.1, -0.05) is 11.6 Å². The fourth-order valence-electron chi connectivity index (χ4n) is 2.43. The number of amides is 1. The minimum atomic E-state index is 0.172. The van der Waals surface area contributed by atoms with Gasteiger partial charge in [-0.05, 0) is 18.1 Å². The number of nitrogens with one attached hydrogen (secondary N) is 1. The molecular weight excluding hydrogens is 292 g/mol. The Morgan fingerprint density at radius 1 is 1.24 bits per heavy atom. The van der Waals surface area contributed by atoms with Crippen LogP contribution in [0.2, 0.25) is 5.02 Å². The molecule has 1 N–H and O–H groups in total. The number of rotatable bonds is 5. The number of benzene rings is 1. The first kappa shape index (κ1) is 15.9. The molecule has 0 radical (unpaired) electrons. The summed E-state index contributed by atoms with van der Waals surface area (Å²) in [6.07, 6.45) is 1.06. The van der Waals surface area contributed by atoms with Gasteiger partial charge in [0.1, 0.15) is 11.5 Å². The maximum Gasteiger partial charge on any atom is 0.222 e. The summed E-state index contributed by atoms with van der Waals surface area (Å²) in [5.74, 6) is 1.44. The van der Waals surface area contributed by atoms with Gasteiger partial charge in [-0.15, -0.1) is 0 Å². The van der Waals surface area contributed by atoms with Crippen LogP contribution in [0, 0.1) is 0 Å². The van der Waals surface area contributed by atoms with Gasteiger partial charge in [0.2, 0.25) is 5.91 Å². The maximum atomic E-state index is 12.2. The van der Waals surface area contributed by atoms with Crippen molar-refractivity contribution < 1.29 is 14.3 Å². The minimum Gasteiger partial charge on any atom is -0.496 e. The molecule has 2 rings (SSSR count). The van der Waals surface area contributed by atoms with Crippen molar-refractivity contribution in [2.24, 2.45) is 0 Å². The second kappa shape index (κ2) is 7.52. The lowest BCUT2D eigenvalue weighted by atomic mass is 10.1. The first-order valence-electron chi connectivity index (χ1n) is 7.04. The van der Waals surface area contributed by atoms with Crippen LogP contribution in [-0.2, 0) is 11.2 Å². The minimum absolute atomic E-state index is 0.172. The Balaban J connectivity index is 2.01. The van der Waals surface area contributed by atoms with E-state index in [1.807, 2.05) is 11.0 Å². The van der Waals surface area contributed by atoms with Crippen molar-refractivity contribution in [3.8, 4) is 11.5 Å². The van der Waals surface area contributed by atoms with E-state index in [2.05, 4.69) is 5.32 Å². The molecule has 1 fully saturated rings. The van der Waals surface area contributed by atoms with Gasteiger partial charge in [0.05, 0.1) is 19.2 Å². The number of methoxy groups -OCH3 is 2.